The van der Waals surface area contributed by atoms with Gasteiger partial charge in [-0.15, -0.1) is 0 Å². The van der Waals surface area contributed by atoms with Crippen LogP contribution in [-0.4, -0.2) is 23.9 Å². The van der Waals surface area contributed by atoms with E-state index >= 15 is 0 Å². The Labute approximate surface area is 167 Å². The molecule has 1 aliphatic rings. The number of nitrogens with zero attached hydrogens (tertiary/aromatic N) is 2. The van der Waals surface area contributed by atoms with E-state index in [9.17, 15) is 23.2 Å². The van der Waals surface area contributed by atoms with Gasteiger partial charge >= 0.3 is 0 Å². The quantitative estimate of drug-likeness (QED) is 0.786. The van der Waals surface area contributed by atoms with Crippen LogP contribution in [0.4, 0.5) is 24.5 Å². The molecule has 29 heavy (non-hydrogen) atoms. The third kappa shape index (κ3) is 3.01. The van der Waals surface area contributed by atoms with Gasteiger partial charge in [-0.3, -0.25) is 9.78 Å². The van der Waals surface area contributed by atoms with Crippen molar-refractivity contribution in [1.29, 1.82) is 5.26 Å². The normalized spacial score (nSPS) is 21.9. The van der Waals surface area contributed by atoms with Crippen molar-refractivity contribution in [2.75, 3.05) is 12.4 Å². The van der Waals surface area contributed by atoms with Gasteiger partial charge in [-0.05, 0) is 43.5 Å². The number of nitriles is 1. The number of anilines is 2. The van der Waals surface area contributed by atoms with Gasteiger partial charge in [0.1, 0.15) is 17.3 Å². The zero-order valence-corrected chi connectivity index (χ0v) is 16.5. The minimum absolute atomic E-state index is 0.206. The first kappa shape index (κ1) is 20.6. The molecular formula is C21H21F3N4O. The first-order valence-electron chi connectivity index (χ1n) is 9.18. The number of amides is 1. The lowest BCUT2D eigenvalue weighted by Gasteiger charge is -2.14. The summed E-state index contributed by atoms with van der Waals surface area (Å²) in [7, 11) is 1.28. The molecular weight excluding hydrogens is 381 g/mol. The molecule has 2 aromatic rings. The minimum Gasteiger partial charge on any atom is -0.358 e. The standard InChI is InChI=1S/C21H21F3N4O/c1-5-13-15(9-25)11(2)27-10-17(13)28-12-6-7-14(16(22)8-12)18-20(3,19(29)26-4)21(18,23)24/h6-8,10,18,28H,5H2,1-4H3,(H,26,29). The summed E-state index contributed by atoms with van der Waals surface area (Å²) in [4.78, 5) is 16.1. The monoisotopic (exact) mass is 402 g/mol. The molecule has 1 amide bonds. The summed E-state index contributed by atoms with van der Waals surface area (Å²) < 4.78 is 43.4. The number of aryl methyl sites for hydroxylation is 1. The van der Waals surface area contributed by atoms with Crippen LogP contribution in [0.25, 0.3) is 0 Å². The molecule has 0 aliphatic heterocycles. The fraction of sp³-hybridized carbons (Fsp3) is 0.381. The highest BCUT2D eigenvalue weighted by Crippen LogP contribution is 2.71. The maximum absolute atomic E-state index is 14.7. The van der Waals surface area contributed by atoms with Crippen LogP contribution in [0.15, 0.2) is 24.4 Å². The maximum Gasteiger partial charge on any atom is 0.271 e. The Balaban J connectivity index is 1.93. The van der Waals surface area contributed by atoms with Gasteiger partial charge in [0.05, 0.1) is 29.1 Å². The summed E-state index contributed by atoms with van der Waals surface area (Å²) in [5, 5.41) is 14.6. The molecule has 1 fully saturated rings. The minimum atomic E-state index is -3.33. The van der Waals surface area contributed by atoms with Crippen LogP contribution < -0.4 is 10.6 Å². The Hall–Kier alpha value is -3.08. The maximum atomic E-state index is 14.7. The molecule has 1 aromatic heterocycles. The number of alkyl halides is 2. The molecule has 2 unspecified atom stereocenters. The first-order valence-corrected chi connectivity index (χ1v) is 9.18. The van der Waals surface area contributed by atoms with E-state index in [0.29, 0.717) is 29.1 Å². The topological polar surface area (TPSA) is 77.8 Å². The van der Waals surface area contributed by atoms with Gasteiger partial charge in [0.2, 0.25) is 5.91 Å². The van der Waals surface area contributed by atoms with Crippen molar-refractivity contribution in [1.82, 2.24) is 10.3 Å². The fourth-order valence-corrected chi connectivity index (χ4v) is 3.85. The Morgan fingerprint density at radius 3 is 2.62 bits per heavy atom. The molecule has 1 aliphatic carbocycles. The van der Waals surface area contributed by atoms with Crippen molar-refractivity contribution in [2.45, 2.75) is 39.0 Å². The second kappa shape index (κ2) is 7.07. The molecule has 2 atom stereocenters. The Morgan fingerprint density at radius 2 is 2.07 bits per heavy atom. The summed E-state index contributed by atoms with van der Waals surface area (Å²) in [6, 6.07) is 5.97. The van der Waals surface area contributed by atoms with Crippen molar-refractivity contribution in [3.05, 3.63) is 52.6 Å². The van der Waals surface area contributed by atoms with Gasteiger partial charge in [0.25, 0.3) is 5.92 Å². The van der Waals surface area contributed by atoms with Gasteiger partial charge in [0, 0.05) is 12.7 Å². The summed E-state index contributed by atoms with van der Waals surface area (Å²) in [6.07, 6.45) is 2.12. The van der Waals surface area contributed by atoms with E-state index in [-0.39, 0.29) is 5.56 Å². The van der Waals surface area contributed by atoms with E-state index in [2.05, 4.69) is 21.7 Å². The van der Waals surface area contributed by atoms with Crippen LogP contribution in [-0.2, 0) is 11.2 Å². The molecule has 8 heteroatoms. The summed E-state index contributed by atoms with van der Waals surface area (Å²) in [6.45, 7) is 4.76. The smallest absolute Gasteiger partial charge is 0.271 e. The lowest BCUT2D eigenvalue weighted by Crippen LogP contribution is -2.31. The van der Waals surface area contributed by atoms with Crippen LogP contribution in [0.5, 0.6) is 0 Å². The van der Waals surface area contributed by atoms with Crippen molar-refractivity contribution in [3.63, 3.8) is 0 Å². The van der Waals surface area contributed by atoms with Crippen molar-refractivity contribution >= 4 is 17.3 Å². The molecule has 0 saturated heterocycles. The average Bonchev–Trinajstić information content (AvgIpc) is 3.15. The summed E-state index contributed by atoms with van der Waals surface area (Å²) >= 11 is 0. The van der Waals surface area contributed by atoms with Crippen molar-refractivity contribution in [2.24, 2.45) is 5.41 Å². The molecule has 0 spiro atoms. The van der Waals surface area contributed by atoms with E-state index < -0.39 is 29.0 Å². The first-order chi connectivity index (χ1) is 13.6. The molecule has 2 N–H and O–H groups in total. The van der Waals surface area contributed by atoms with E-state index in [1.807, 2.05) is 6.92 Å². The van der Waals surface area contributed by atoms with E-state index in [4.69, 9.17) is 0 Å². The van der Waals surface area contributed by atoms with Crippen LogP contribution in [0.1, 0.15) is 42.1 Å². The van der Waals surface area contributed by atoms with Crippen LogP contribution >= 0.6 is 0 Å². The number of halogens is 3. The number of pyridine rings is 1. The number of hydrogen-bond acceptors (Lipinski definition) is 4. The van der Waals surface area contributed by atoms with Crippen LogP contribution in [0, 0.1) is 29.5 Å². The SMILES string of the molecule is CCc1c(Nc2ccc(C3C(F)(F)C3(C)C(=O)NC)c(F)c2)cnc(C)c1C#N. The number of carbonyl (C=O) groups excluding carboxylic acids is 1. The zero-order valence-electron chi connectivity index (χ0n) is 16.5. The second-order valence-corrected chi connectivity index (χ2v) is 7.27. The molecule has 0 bridgehead atoms. The van der Waals surface area contributed by atoms with Crippen molar-refractivity contribution in [3.8, 4) is 6.07 Å². The predicted octanol–water partition coefficient (Wildman–Crippen LogP) is 4.19. The molecule has 0 radical (unpaired) electrons. The molecule has 3 rings (SSSR count). The van der Waals surface area contributed by atoms with Gasteiger partial charge < -0.3 is 10.6 Å². The van der Waals surface area contributed by atoms with Gasteiger partial charge in [-0.2, -0.15) is 5.26 Å². The molecule has 1 aromatic carbocycles. The van der Waals surface area contributed by atoms with E-state index in [1.165, 1.54) is 19.2 Å². The second-order valence-electron chi connectivity index (χ2n) is 7.27. The molecule has 5 nitrogen and oxygen atoms in total. The molecule has 1 heterocycles. The lowest BCUT2D eigenvalue weighted by molar-refractivity contribution is -0.128. The number of benzene rings is 1. The van der Waals surface area contributed by atoms with Crippen molar-refractivity contribution < 1.29 is 18.0 Å². The summed E-state index contributed by atoms with van der Waals surface area (Å²) in [5.41, 5.74) is 0.493. The third-order valence-corrected chi connectivity index (χ3v) is 5.68. The highest BCUT2D eigenvalue weighted by atomic mass is 19.3. The lowest BCUT2D eigenvalue weighted by atomic mass is 9.99. The van der Waals surface area contributed by atoms with Gasteiger partial charge in [0.15, 0.2) is 0 Å². The number of aromatic nitrogens is 1. The van der Waals surface area contributed by atoms with E-state index in [1.54, 1.807) is 13.1 Å². The number of rotatable bonds is 5. The predicted molar refractivity (Wildman–Crippen MR) is 103 cm³/mol. The molecule has 1 saturated carbocycles. The Bertz CT molecular complexity index is 1030. The van der Waals surface area contributed by atoms with Gasteiger partial charge in [-0.25, -0.2) is 13.2 Å². The fourth-order valence-electron chi connectivity index (χ4n) is 3.85. The Kier molecular flexibility index (Phi) is 5.03. The molecule has 152 valence electrons. The Morgan fingerprint density at radius 1 is 1.38 bits per heavy atom. The van der Waals surface area contributed by atoms with Gasteiger partial charge in [-0.1, -0.05) is 13.0 Å². The zero-order chi connectivity index (χ0) is 21.6. The van der Waals surface area contributed by atoms with Crippen LogP contribution in [0.2, 0.25) is 0 Å². The largest absolute Gasteiger partial charge is 0.358 e. The van der Waals surface area contributed by atoms with Crippen LogP contribution in [0.3, 0.4) is 0 Å². The van der Waals surface area contributed by atoms with E-state index in [0.717, 1.165) is 18.6 Å². The summed E-state index contributed by atoms with van der Waals surface area (Å²) in [5.74, 6) is -6.51. The number of carbonyl (C=O) groups is 1. The number of hydrogen-bond donors (Lipinski definition) is 2. The highest BCUT2D eigenvalue weighted by Gasteiger charge is 2.82. The average molecular weight is 402 g/mol. The highest BCUT2D eigenvalue weighted by molar-refractivity contribution is 5.89. The number of nitrogens with one attached hydrogen (secondary N) is 2. The third-order valence-electron chi connectivity index (χ3n) is 5.68.